The van der Waals surface area contributed by atoms with Crippen LogP contribution in [0.15, 0.2) is 29.8 Å². The van der Waals surface area contributed by atoms with Crippen LogP contribution in [0, 0.1) is 5.82 Å². The molecule has 1 aromatic rings. The molecule has 0 aliphatic carbocycles. The molecule has 2 N–H and O–H groups in total. The summed E-state index contributed by atoms with van der Waals surface area (Å²) in [6, 6.07) is 2.91. The van der Waals surface area contributed by atoms with Gasteiger partial charge in [-0.15, -0.1) is 13.2 Å². The van der Waals surface area contributed by atoms with E-state index in [0.717, 1.165) is 23.8 Å². The van der Waals surface area contributed by atoms with Crippen molar-refractivity contribution < 1.29 is 22.3 Å². The second-order valence-electron chi connectivity index (χ2n) is 3.63. The number of ether oxygens (including phenoxy) is 1. The zero-order valence-electron chi connectivity index (χ0n) is 9.72. The van der Waals surface area contributed by atoms with Crippen LogP contribution in [-0.4, -0.2) is 12.9 Å². The Morgan fingerprint density at radius 2 is 2.06 bits per heavy atom. The van der Waals surface area contributed by atoms with Crippen molar-refractivity contribution in [3.05, 3.63) is 41.2 Å². The summed E-state index contributed by atoms with van der Waals surface area (Å²) < 4.78 is 53.2. The van der Waals surface area contributed by atoms with Crippen molar-refractivity contribution in [2.75, 3.05) is 6.54 Å². The molecule has 100 valence electrons. The van der Waals surface area contributed by atoms with Gasteiger partial charge in [-0.3, -0.25) is 0 Å². The van der Waals surface area contributed by atoms with E-state index in [9.17, 15) is 17.6 Å². The molecule has 0 aliphatic heterocycles. The van der Waals surface area contributed by atoms with Gasteiger partial charge in [0.2, 0.25) is 0 Å². The highest BCUT2D eigenvalue weighted by Gasteiger charge is 2.31. The average Bonchev–Trinajstić information content (AvgIpc) is 2.28. The van der Waals surface area contributed by atoms with Crippen molar-refractivity contribution in [3.63, 3.8) is 0 Å². The molecule has 0 atom stereocenters. The normalized spacial score (nSPS) is 12.7. The van der Waals surface area contributed by atoms with E-state index in [-0.39, 0.29) is 18.5 Å². The lowest BCUT2D eigenvalue weighted by molar-refractivity contribution is -0.274. The summed E-state index contributed by atoms with van der Waals surface area (Å²) in [6.07, 6.45) is -2.92. The number of nitrogens with two attached hydrogens (primary N) is 1. The summed E-state index contributed by atoms with van der Waals surface area (Å²) in [7, 11) is 0. The predicted molar refractivity (Wildman–Crippen MR) is 59.6 cm³/mol. The number of allylic oxidation sites excluding steroid dienone is 1. The molecule has 0 fully saturated rings. The Labute approximate surface area is 102 Å². The lowest BCUT2D eigenvalue weighted by Gasteiger charge is -2.11. The van der Waals surface area contributed by atoms with Gasteiger partial charge in [-0.25, -0.2) is 4.39 Å². The fourth-order valence-corrected chi connectivity index (χ4v) is 1.42. The van der Waals surface area contributed by atoms with Crippen LogP contribution in [0.25, 0.3) is 0 Å². The van der Waals surface area contributed by atoms with Gasteiger partial charge in [0.05, 0.1) is 0 Å². The Hall–Kier alpha value is -1.56. The van der Waals surface area contributed by atoms with E-state index in [1.165, 1.54) is 0 Å². The predicted octanol–water partition coefficient (Wildman–Crippen LogP) is 3.17. The molecule has 0 saturated heterocycles. The molecular formula is C12H13F4NO. The quantitative estimate of drug-likeness (QED) is 0.669. The molecule has 1 aromatic carbocycles. The maximum absolute atomic E-state index is 13.4. The number of rotatable bonds is 4. The van der Waals surface area contributed by atoms with E-state index in [0.29, 0.717) is 0 Å². The lowest BCUT2D eigenvalue weighted by Crippen LogP contribution is -2.17. The molecule has 0 amide bonds. The molecule has 0 saturated carbocycles. The van der Waals surface area contributed by atoms with E-state index < -0.39 is 17.9 Å². The topological polar surface area (TPSA) is 35.2 Å². The van der Waals surface area contributed by atoms with Crippen LogP contribution >= 0.6 is 0 Å². The Morgan fingerprint density at radius 1 is 1.39 bits per heavy atom. The average molecular weight is 263 g/mol. The van der Waals surface area contributed by atoms with Crippen LogP contribution in [0.2, 0.25) is 0 Å². The zero-order chi connectivity index (χ0) is 13.8. The Kier molecular flexibility index (Phi) is 4.72. The van der Waals surface area contributed by atoms with Gasteiger partial charge < -0.3 is 10.5 Å². The Balaban J connectivity index is 2.94. The first-order valence-corrected chi connectivity index (χ1v) is 5.24. The lowest BCUT2D eigenvalue weighted by atomic mass is 10.0. The number of hydrogen-bond donors (Lipinski definition) is 1. The maximum Gasteiger partial charge on any atom is 0.573 e. The summed E-state index contributed by atoms with van der Waals surface area (Å²) in [5.41, 5.74) is 6.27. The summed E-state index contributed by atoms with van der Waals surface area (Å²) in [5, 5.41) is 0. The summed E-state index contributed by atoms with van der Waals surface area (Å²) in [6.45, 7) is 1.95. The number of hydrogen-bond acceptors (Lipinski definition) is 2. The maximum atomic E-state index is 13.4. The first-order chi connectivity index (χ1) is 8.35. The monoisotopic (exact) mass is 263 g/mol. The first-order valence-electron chi connectivity index (χ1n) is 5.24. The molecule has 0 bridgehead atoms. The Morgan fingerprint density at radius 3 is 2.56 bits per heavy atom. The molecule has 18 heavy (non-hydrogen) atoms. The minimum atomic E-state index is -4.79. The minimum Gasteiger partial charge on any atom is -0.406 e. The molecule has 0 unspecified atom stereocenters. The largest absolute Gasteiger partial charge is 0.573 e. The van der Waals surface area contributed by atoms with Crippen molar-refractivity contribution >= 4 is 0 Å². The van der Waals surface area contributed by atoms with Crippen molar-refractivity contribution in [2.24, 2.45) is 5.73 Å². The van der Waals surface area contributed by atoms with Gasteiger partial charge in [-0.2, -0.15) is 0 Å². The third-order valence-electron chi connectivity index (χ3n) is 2.34. The first kappa shape index (κ1) is 14.5. The van der Waals surface area contributed by atoms with Crippen molar-refractivity contribution in [3.8, 4) is 5.75 Å². The summed E-state index contributed by atoms with van der Waals surface area (Å²) >= 11 is 0. The van der Waals surface area contributed by atoms with Crippen LogP contribution in [0.5, 0.6) is 5.75 Å². The van der Waals surface area contributed by atoms with Crippen molar-refractivity contribution in [2.45, 2.75) is 19.7 Å². The van der Waals surface area contributed by atoms with Gasteiger partial charge in [0.15, 0.2) is 0 Å². The van der Waals surface area contributed by atoms with Gasteiger partial charge in [0.1, 0.15) is 11.6 Å². The van der Waals surface area contributed by atoms with Crippen LogP contribution in [0.1, 0.15) is 12.5 Å². The molecule has 1 rings (SSSR count). The molecule has 0 spiro atoms. The third-order valence-corrected chi connectivity index (χ3v) is 2.34. The Bertz CT molecular complexity index is 440. The number of halogens is 4. The summed E-state index contributed by atoms with van der Waals surface area (Å²) in [5.74, 6) is -1.02. The fourth-order valence-electron chi connectivity index (χ4n) is 1.42. The van der Waals surface area contributed by atoms with Crippen LogP contribution in [0.3, 0.4) is 0 Å². The molecular weight excluding hydrogens is 250 g/mol. The van der Waals surface area contributed by atoms with Gasteiger partial charge in [-0.1, -0.05) is 11.6 Å². The van der Waals surface area contributed by atoms with Crippen LogP contribution in [-0.2, 0) is 6.42 Å². The van der Waals surface area contributed by atoms with Gasteiger partial charge in [0.25, 0.3) is 0 Å². The van der Waals surface area contributed by atoms with Crippen molar-refractivity contribution in [1.82, 2.24) is 0 Å². The second-order valence-corrected chi connectivity index (χ2v) is 3.63. The molecule has 0 aromatic heterocycles. The number of alkyl halides is 3. The van der Waals surface area contributed by atoms with Gasteiger partial charge >= 0.3 is 6.36 Å². The van der Waals surface area contributed by atoms with E-state index in [4.69, 9.17) is 5.73 Å². The highest BCUT2D eigenvalue weighted by molar-refractivity contribution is 5.33. The van der Waals surface area contributed by atoms with E-state index in [1.807, 2.05) is 0 Å². The van der Waals surface area contributed by atoms with E-state index >= 15 is 0 Å². The second kappa shape index (κ2) is 5.86. The molecule has 6 heteroatoms. The number of benzene rings is 1. The van der Waals surface area contributed by atoms with Gasteiger partial charge in [-0.05, 0) is 37.1 Å². The zero-order valence-corrected chi connectivity index (χ0v) is 9.72. The van der Waals surface area contributed by atoms with Gasteiger partial charge in [0, 0.05) is 6.54 Å². The third kappa shape index (κ3) is 4.37. The minimum absolute atomic E-state index is 0.121. The molecule has 0 radical (unpaired) electrons. The standard InChI is InChI=1S/C12H13F4NO/c1-2-8(7-17)5-9-6-10(3-4-11(9)13)18-12(14,15)16/h2-4,6H,5,7,17H2,1H3/b8-2-. The fraction of sp³-hybridized carbons (Fsp3) is 0.333. The summed E-state index contributed by atoms with van der Waals surface area (Å²) in [4.78, 5) is 0. The van der Waals surface area contributed by atoms with Crippen LogP contribution < -0.4 is 10.5 Å². The molecule has 0 aliphatic rings. The molecule has 2 nitrogen and oxygen atoms in total. The van der Waals surface area contributed by atoms with E-state index in [2.05, 4.69) is 4.74 Å². The van der Waals surface area contributed by atoms with E-state index in [1.54, 1.807) is 13.0 Å². The highest BCUT2D eigenvalue weighted by atomic mass is 19.4. The van der Waals surface area contributed by atoms with Crippen molar-refractivity contribution in [1.29, 1.82) is 0 Å². The smallest absolute Gasteiger partial charge is 0.406 e. The highest BCUT2D eigenvalue weighted by Crippen LogP contribution is 2.25. The van der Waals surface area contributed by atoms with Crippen LogP contribution in [0.4, 0.5) is 17.6 Å². The molecule has 0 heterocycles. The SMILES string of the molecule is C/C=C(\CN)Cc1cc(OC(F)(F)F)ccc1F.